The topological polar surface area (TPSA) is 15.3 Å². The second-order valence-electron chi connectivity index (χ2n) is 6.53. The smallest absolute Gasteiger partial charge is 0.0309 e. The van der Waals surface area contributed by atoms with Crippen LogP contribution < -0.4 is 5.32 Å². The molecule has 1 atom stereocenters. The number of piperazine rings is 1. The molecule has 2 saturated heterocycles. The van der Waals surface area contributed by atoms with Gasteiger partial charge in [-0.1, -0.05) is 12.8 Å². The zero-order valence-electron chi connectivity index (χ0n) is 11.1. The van der Waals surface area contributed by atoms with Crippen LogP contribution in [-0.2, 0) is 0 Å². The summed E-state index contributed by atoms with van der Waals surface area (Å²) in [4.78, 5) is 2.75. The normalized spacial score (nSPS) is 37.9. The summed E-state index contributed by atoms with van der Waals surface area (Å²) in [5.41, 5.74) is 0.498. The van der Waals surface area contributed by atoms with E-state index in [4.69, 9.17) is 0 Å². The second kappa shape index (κ2) is 4.75. The molecule has 1 saturated carbocycles. The number of rotatable bonds is 2. The van der Waals surface area contributed by atoms with Crippen molar-refractivity contribution in [2.24, 2.45) is 0 Å². The van der Waals surface area contributed by atoms with Crippen molar-refractivity contribution in [2.45, 2.75) is 55.7 Å². The van der Waals surface area contributed by atoms with Crippen molar-refractivity contribution in [3.8, 4) is 0 Å². The fourth-order valence-corrected chi connectivity index (χ4v) is 5.34. The lowest BCUT2D eigenvalue weighted by Gasteiger charge is -2.44. The van der Waals surface area contributed by atoms with Crippen LogP contribution >= 0.6 is 11.8 Å². The van der Waals surface area contributed by atoms with Crippen LogP contribution in [0.25, 0.3) is 0 Å². The van der Waals surface area contributed by atoms with Gasteiger partial charge < -0.3 is 5.32 Å². The summed E-state index contributed by atoms with van der Waals surface area (Å²) in [5.74, 6) is 1.38. The summed E-state index contributed by atoms with van der Waals surface area (Å²) in [6.07, 6.45) is 8.55. The Bertz CT molecular complexity index is 265. The van der Waals surface area contributed by atoms with Gasteiger partial charge in [-0.25, -0.2) is 0 Å². The Hall–Kier alpha value is 0.270. The molecule has 0 aromatic heterocycles. The molecule has 98 valence electrons. The monoisotopic (exact) mass is 254 g/mol. The Kier molecular flexibility index (Phi) is 3.44. The van der Waals surface area contributed by atoms with E-state index in [2.05, 4.69) is 28.9 Å². The molecule has 2 nitrogen and oxygen atoms in total. The van der Waals surface area contributed by atoms with Gasteiger partial charge >= 0.3 is 0 Å². The Balaban J connectivity index is 1.60. The fourth-order valence-electron chi connectivity index (χ4n) is 4.00. The van der Waals surface area contributed by atoms with Crippen molar-refractivity contribution in [3.63, 3.8) is 0 Å². The van der Waals surface area contributed by atoms with E-state index < -0.39 is 0 Å². The summed E-state index contributed by atoms with van der Waals surface area (Å²) in [7, 11) is 0. The van der Waals surface area contributed by atoms with Crippen LogP contribution in [0.15, 0.2) is 0 Å². The van der Waals surface area contributed by atoms with E-state index in [0.29, 0.717) is 10.3 Å². The Morgan fingerprint density at radius 2 is 2.00 bits per heavy atom. The number of hydrogen-bond acceptors (Lipinski definition) is 3. The van der Waals surface area contributed by atoms with Gasteiger partial charge in [0, 0.05) is 36.5 Å². The van der Waals surface area contributed by atoms with Crippen LogP contribution in [0.5, 0.6) is 0 Å². The summed E-state index contributed by atoms with van der Waals surface area (Å²) in [5, 5.41) is 3.81. The first-order chi connectivity index (χ1) is 8.20. The van der Waals surface area contributed by atoms with Gasteiger partial charge in [-0.2, -0.15) is 11.8 Å². The van der Waals surface area contributed by atoms with Crippen molar-refractivity contribution >= 4 is 11.8 Å². The highest BCUT2D eigenvalue weighted by molar-refractivity contribution is 8.00. The number of hydrogen-bond donors (Lipinski definition) is 1. The van der Waals surface area contributed by atoms with Crippen molar-refractivity contribution < 1.29 is 0 Å². The first-order valence-electron chi connectivity index (χ1n) is 7.31. The van der Waals surface area contributed by atoms with Crippen molar-refractivity contribution in [1.82, 2.24) is 10.2 Å². The standard InChI is InChI=1S/C14H26N2S/c1-13(5-4-10-17-13)11-16-9-8-15-14(12-16)6-2-3-7-14/h15H,2-12H2,1H3. The van der Waals surface area contributed by atoms with Gasteiger partial charge in [-0.3, -0.25) is 4.90 Å². The minimum atomic E-state index is 0.498. The summed E-state index contributed by atoms with van der Waals surface area (Å²) in [6.45, 7) is 7.58. The maximum Gasteiger partial charge on any atom is 0.0309 e. The molecule has 0 aromatic carbocycles. The molecule has 0 amide bonds. The highest BCUT2D eigenvalue weighted by Crippen LogP contribution is 2.39. The molecule has 2 heterocycles. The molecule has 3 aliphatic rings. The molecule has 0 aromatic rings. The Labute approximate surface area is 110 Å². The maximum atomic E-state index is 3.81. The van der Waals surface area contributed by atoms with E-state index in [0.717, 1.165) is 0 Å². The largest absolute Gasteiger partial charge is 0.309 e. The second-order valence-corrected chi connectivity index (χ2v) is 8.21. The van der Waals surface area contributed by atoms with E-state index in [1.54, 1.807) is 0 Å². The zero-order chi connectivity index (χ0) is 11.8. The maximum absolute atomic E-state index is 3.81. The molecule has 0 radical (unpaired) electrons. The van der Waals surface area contributed by atoms with Crippen LogP contribution in [-0.4, -0.2) is 47.1 Å². The molecule has 1 unspecified atom stereocenters. The minimum Gasteiger partial charge on any atom is -0.309 e. The lowest BCUT2D eigenvalue weighted by Crippen LogP contribution is -2.60. The number of nitrogens with one attached hydrogen (secondary N) is 1. The average molecular weight is 254 g/mol. The van der Waals surface area contributed by atoms with Gasteiger partial charge in [0.15, 0.2) is 0 Å². The van der Waals surface area contributed by atoms with E-state index in [1.807, 2.05) is 0 Å². The predicted molar refractivity (Wildman–Crippen MR) is 75.7 cm³/mol. The van der Waals surface area contributed by atoms with Gasteiger partial charge in [-0.05, 0) is 38.4 Å². The van der Waals surface area contributed by atoms with E-state index >= 15 is 0 Å². The molecule has 1 N–H and O–H groups in total. The Morgan fingerprint density at radius 1 is 1.18 bits per heavy atom. The van der Waals surface area contributed by atoms with Crippen LogP contribution in [0.3, 0.4) is 0 Å². The quantitative estimate of drug-likeness (QED) is 0.815. The first kappa shape index (κ1) is 12.3. The summed E-state index contributed by atoms with van der Waals surface area (Å²) >= 11 is 2.21. The summed E-state index contributed by atoms with van der Waals surface area (Å²) < 4.78 is 0.553. The first-order valence-corrected chi connectivity index (χ1v) is 8.30. The Morgan fingerprint density at radius 3 is 2.71 bits per heavy atom. The number of nitrogens with zero attached hydrogens (tertiary/aromatic N) is 1. The fraction of sp³-hybridized carbons (Fsp3) is 1.00. The highest BCUT2D eigenvalue weighted by Gasteiger charge is 2.40. The van der Waals surface area contributed by atoms with Crippen molar-refractivity contribution in [3.05, 3.63) is 0 Å². The molecule has 1 aliphatic carbocycles. The molecule has 3 heteroatoms. The van der Waals surface area contributed by atoms with Crippen LogP contribution in [0, 0.1) is 0 Å². The van der Waals surface area contributed by atoms with Crippen LogP contribution in [0.2, 0.25) is 0 Å². The summed E-state index contributed by atoms with van der Waals surface area (Å²) in [6, 6.07) is 0. The van der Waals surface area contributed by atoms with E-state index in [-0.39, 0.29) is 0 Å². The van der Waals surface area contributed by atoms with Gasteiger partial charge in [0.25, 0.3) is 0 Å². The zero-order valence-corrected chi connectivity index (χ0v) is 12.0. The predicted octanol–water partition coefficient (Wildman–Crippen LogP) is 2.49. The minimum absolute atomic E-state index is 0.498. The van der Waals surface area contributed by atoms with Crippen molar-refractivity contribution in [2.75, 3.05) is 31.9 Å². The molecular weight excluding hydrogens is 228 g/mol. The third kappa shape index (κ3) is 2.66. The van der Waals surface area contributed by atoms with E-state index in [9.17, 15) is 0 Å². The third-order valence-electron chi connectivity index (χ3n) is 4.87. The van der Waals surface area contributed by atoms with Crippen LogP contribution in [0.4, 0.5) is 0 Å². The molecule has 2 aliphatic heterocycles. The van der Waals surface area contributed by atoms with Gasteiger partial charge in [0.05, 0.1) is 0 Å². The van der Waals surface area contributed by atoms with E-state index in [1.165, 1.54) is 70.5 Å². The molecular formula is C14H26N2S. The molecule has 17 heavy (non-hydrogen) atoms. The van der Waals surface area contributed by atoms with Gasteiger partial charge in [0.1, 0.15) is 0 Å². The highest BCUT2D eigenvalue weighted by atomic mass is 32.2. The SMILES string of the molecule is CC1(CN2CCNC3(CCCC3)C2)CCCS1. The molecule has 0 bridgehead atoms. The average Bonchev–Trinajstić information content (AvgIpc) is 2.89. The van der Waals surface area contributed by atoms with Gasteiger partial charge in [0.2, 0.25) is 0 Å². The molecule has 1 spiro atoms. The lowest BCUT2D eigenvalue weighted by molar-refractivity contribution is 0.125. The lowest BCUT2D eigenvalue weighted by atomic mass is 9.93. The number of thioether (sulfide) groups is 1. The van der Waals surface area contributed by atoms with Crippen molar-refractivity contribution in [1.29, 1.82) is 0 Å². The van der Waals surface area contributed by atoms with Gasteiger partial charge in [-0.15, -0.1) is 0 Å². The van der Waals surface area contributed by atoms with Crippen LogP contribution in [0.1, 0.15) is 45.4 Å². The third-order valence-corrected chi connectivity index (χ3v) is 6.40. The molecule has 3 rings (SSSR count). The molecule has 3 fully saturated rings.